The maximum atomic E-state index is 13.9. The molecule has 2 nitrogen and oxygen atoms in total. The molecule has 106 valence electrons. The van der Waals surface area contributed by atoms with Crippen LogP contribution in [0.4, 0.5) is 4.39 Å². The summed E-state index contributed by atoms with van der Waals surface area (Å²) in [5.74, 6) is -0.211. The van der Waals surface area contributed by atoms with Crippen LogP contribution >= 0.6 is 11.6 Å². The minimum Gasteiger partial charge on any atom is -0.313 e. The SMILES string of the molecule is CC(C)N(Cc1c(F)cccc1Cl)CC1CCCN1. The predicted octanol–water partition coefficient (Wildman–Crippen LogP) is 3.44. The van der Waals surface area contributed by atoms with Gasteiger partial charge in [-0.1, -0.05) is 17.7 Å². The molecule has 1 atom stereocenters. The van der Waals surface area contributed by atoms with Crippen LogP contribution in [0.1, 0.15) is 32.3 Å². The highest BCUT2D eigenvalue weighted by atomic mass is 35.5. The quantitative estimate of drug-likeness (QED) is 0.891. The highest BCUT2D eigenvalue weighted by Crippen LogP contribution is 2.22. The molecular weight excluding hydrogens is 263 g/mol. The first-order valence-electron chi connectivity index (χ1n) is 6.98. The van der Waals surface area contributed by atoms with Crippen LogP contribution in [0.5, 0.6) is 0 Å². The standard InChI is InChI=1S/C15H22ClFN2/c1-11(2)19(9-12-5-4-8-18-12)10-13-14(16)6-3-7-15(13)17/h3,6-7,11-12,18H,4-5,8-10H2,1-2H3. The van der Waals surface area contributed by atoms with E-state index in [2.05, 4.69) is 24.1 Å². The van der Waals surface area contributed by atoms with E-state index >= 15 is 0 Å². The highest BCUT2D eigenvalue weighted by molar-refractivity contribution is 6.31. The summed E-state index contributed by atoms with van der Waals surface area (Å²) in [6.07, 6.45) is 2.44. The maximum absolute atomic E-state index is 13.9. The van der Waals surface area contributed by atoms with Gasteiger partial charge in [-0.3, -0.25) is 4.90 Å². The number of rotatable bonds is 5. The van der Waals surface area contributed by atoms with Crippen molar-refractivity contribution in [3.05, 3.63) is 34.6 Å². The molecule has 19 heavy (non-hydrogen) atoms. The lowest BCUT2D eigenvalue weighted by molar-refractivity contribution is 0.192. The second-order valence-corrected chi connectivity index (χ2v) is 5.92. The van der Waals surface area contributed by atoms with Gasteiger partial charge in [-0.05, 0) is 45.4 Å². The second kappa shape index (κ2) is 6.69. The van der Waals surface area contributed by atoms with E-state index in [-0.39, 0.29) is 5.82 Å². The van der Waals surface area contributed by atoms with Gasteiger partial charge in [0, 0.05) is 35.8 Å². The van der Waals surface area contributed by atoms with Crippen molar-refractivity contribution >= 4 is 11.6 Å². The van der Waals surface area contributed by atoms with Crippen LogP contribution in [-0.4, -0.2) is 30.1 Å². The van der Waals surface area contributed by atoms with Gasteiger partial charge in [0.1, 0.15) is 5.82 Å². The van der Waals surface area contributed by atoms with Gasteiger partial charge in [-0.25, -0.2) is 4.39 Å². The molecule has 1 aliphatic heterocycles. The summed E-state index contributed by atoms with van der Waals surface area (Å²) in [6, 6.07) is 5.78. The van der Waals surface area contributed by atoms with Gasteiger partial charge < -0.3 is 5.32 Å². The lowest BCUT2D eigenvalue weighted by Gasteiger charge is -2.29. The zero-order valence-electron chi connectivity index (χ0n) is 11.6. The van der Waals surface area contributed by atoms with Gasteiger partial charge in [-0.2, -0.15) is 0 Å². The van der Waals surface area contributed by atoms with Crippen LogP contribution in [0.25, 0.3) is 0 Å². The van der Waals surface area contributed by atoms with Gasteiger partial charge in [0.2, 0.25) is 0 Å². The first-order chi connectivity index (χ1) is 9.08. The van der Waals surface area contributed by atoms with Crippen molar-refractivity contribution in [1.82, 2.24) is 10.2 Å². The summed E-state index contributed by atoms with van der Waals surface area (Å²) in [6.45, 7) is 6.90. The van der Waals surface area contributed by atoms with Crippen LogP contribution in [0.2, 0.25) is 5.02 Å². The average Bonchev–Trinajstić information content (AvgIpc) is 2.85. The fraction of sp³-hybridized carbons (Fsp3) is 0.600. The third kappa shape index (κ3) is 3.91. The number of halogens is 2. The number of benzene rings is 1. The molecule has 0 saturated carbocycles. The molecule has 0 radical (unpaired) electrons. The Morgan fingerprint density at radius 1 is 1.47 bits per heavy atom. The third-order valence-electron chi connectivity index (χ3n) is 3.77. The first-order valence-corrected chi connectivity index (χ1v) is 7.36. The van der Waals surface area contributed by atoms with E-state index in [0.29, 0.717) is 29.2 Å². The summed E-state index contributed by atoms with van der Waals surface area (Å²) in [5.41, 5.74) is 0.607. The van der Waals surface area contributed by atoms with Crippen LogP contribution < -0.4 is 5.32 Å². The summed E-state index contributed by atoms with van der Waals surface area (Å²) in [5, 5.41) is 4.01. The molecule has 1 heterocycles. The van der Waals surface area contributed by atoms with E-state index in [9.17, 15) is 4.39 Å². The minimum atomic E-state index is -0.211. The molecule has 1 aromatic rings. The van der Waals surface area contributed by atoms with Crippen molar-refractivity contribution in [1.29, 1.82) is 0 Å². The molecule has 0 bridgehead atoms. The Kier molecular flexibility index (Phi) is 5.20. The number of nitrogens with one attached hydrogen (secondary N) is 1. The van der Waals surface area contributed by atoms with Crippen molar-refractivity contribution in [2.24, 2.45) is 0 Å². The molecule has 1 unspecified atom stereocenters. The fourth-order valence-corrected chi connectivity index (χ4v) is 2.76. The molecule has 0 aliphatic carbocycles. The number of nitrogens with zero attached hydrogens (tertiary/aromatic N) is 1. The molecule has 1 aliphatic rings. The maximum Gasteiger partial charge on any atom is 0.129 e. The van der Waals surface area contributed by atoms with Crippen molar-refractivity contribution in [2.45, 2.75) is 45.3 Å². The molecule has 1 fully saturated rings. The Morgan fingerprint density at radius 3 is 2.84 bits per heavy atom. The molecule has 1 saturated heterocycles. The van der Waals surface area contributed by atoms with Crippen molar-refractivity contribution in [3.8, 4) is 0 Å². The fourth-order valence-electron chi connectivity index (χ4n) is 2.54. The molecule has 0 spiro atoms. The third-order valence-corrected chi connectivity index (χ3v) is 4.12. The van der Waals surface area contributed by atoms with E-state index < -0.39 is 0 Å². The van der Waals surface area contributed by atoms with Gasteiger partial charge in [0.05, 0.1) is 0 Å². The summed E-state index contributed by atoms with van der Waals surface area (Å²) in [4.78, 5) is 2.28. The lowest BCUT2D eigenvalue weighted by Crippen LogP contribution is -2.41. The Labute approximate surface area is 119 Å². The Balaban J connectivity index is 2.07. The van der Waals surface area contributed by atoms with Gasteiger partial charge in [0.25, 0.3) is 0 Å². The van der Waals surface area contributed by atoms with Gasteiger partial charge in [-0.15, -0.1) is 0 Å². The first kappa shape index (κ1) is 14.8. The zero-order valence-corrected chi connectivity index (χ0v) is 12.4. The monoisotopic (exact) mass is 284 g/mol. The number of hydrogen-bond acceptors (Lipinski definition) is 2. The summed E-state index contributed by atoms with van der Waals surface area (Å²) >= 11 is 6.11. The largest absolute Gasteiger partial charge is 0.313 e. The topological polar surface area (TPSA) is 15.3 Å². The smallest absolute Gasteiger partial charge is 0.129 e. The van der Waals surface area contributed by atoms with E-state index in [1.165, 1.54) is 18.9 Å². The van der Waals surface area contributed by atoms with Crippen molar-refractivity contribution in [3.63, 3.8) is 0 Å². The molecule has 1 aromatic carbocycles. The molecular formula is C15H22ClFN2. The molecule has 0 amide bonds. The Bertz CT molecular complexity index is 396. The van der Waals surface area contributed by atoms with Crippen LogP contribution in [0, 0.1) is 5.82 Å². The highest BCUT2D eigenvalue weighted by Gasteiger charge is 2.21. The summed E-state index contributed by atoms with van der Waals surface area (Å²) < 4.78 is 13.9. The van der Waals surface area contributed by atoms with E-state index in [0.717, 1.165) is 13.1 Å². The summed E-state index contributed by atoms with van der Waals surface area (Å²) in [7, 11) is 0. The normalized spacial score (nSPS) is 19.6. The average molecular weight is 285 g/mol. The number of hydrogen-bond donors (Lipinski definition) is 1. The molecule has 4 heteroatoms. The van der Waals surface area contributed by atoms with Crippen molar-refractivity contribution in [2.75, 3.05) is 13.1 Å². The second-order valence-electron chi connectivity index (χ2n) is 5.52. The van der Waals surface area contributed by atoms with Crippen LogP contribution in [0.15, 0.2) is 18.2 Å². The predicted molar refractivity (Wildman–Crippen MR) is 78.0 cm³/mol. The van der Waals surface area contributed by atoms with E-state index in [1.54, 1.807) is 12.1 Å². The lowest BCUT2D eigenvalue weighted by atomic mass is 10.1. The zero-order chi connectivity index (χ0) is 13.8. The van der Waals surface area contributed by atoms with E-state index in [1.807, 2.05) is 0 Å². The molecule has 1 N–H and O–H groups in total. The van der Waals surface area contributed by atoms with Crippen molar-refractivity contribution < 1.29 is 4.39 Å². The van der Waals surface area contributed by atoms with Gasteiger partial charge >= 0.3 is 0 Å². The van der Waals surface area contributed by atoms with Gasteiger partial charge in [0.15, 0.2) is 0 Å². The Hall–Kier alpha value is -0.640. The van der Waals surface area contributed by atoms with E-state index in [4.69, 9.17) is 11.6 Å². The minimum absolute atomic E-state index is 0.211. The molecule has 2 rings (SSSR count). The van der Waals surface area contributed by atoms with Crippen LogP contribution in [-0.2, 0) is 6.54 Å². The van der Waals surface area contributed by atoms with Crippen LogP contribution in [0.3, 0.4) is 0 Å². The Morgan fingerprint density at radius 2 is 2.26 bits per heavy atom. The molecule has 0 aromatic heterocycles.